The summed E-state index contributed by atoms with van der Waals surface area (Å²) in [6, 6.07) is 7.37. The first-order valence-electron chi connectivity index (χ1n) is 7.27. The third-order valence-electron chi connectivity index (χ3n) is 3.09. The van der Waals surface area contributed by atoms with E-state index < -0.39 is 6.04 Å². The molecule has 2 unspecified atom stereocenters. The molecule has 0 fully saturated rings. The Morgan fingerprint density at radius 3 is 2.60 bits per heavy atom. The van der Waals surface area contributed by atoms with Crippen LogP contribution in [0.5, 0.6) is 5.75 Å². The molecule has 112 valence electrons. The van der Waals surface area contributed by atoms with Gasteiger partial charge in [0.2, 0.25) is 0 Å². The lowest BCUT2D eigenvalue weighted by Gasteiger charge is -2.22. The second-order valence-electron chi connectivity index (χ2n) is 4.67. The SMILES string of the molecule is CCOC(=O)C(NC(C)CC)c1cccc(OCC)c1. The predicted octanol–water partition coefficient (Wildman–Crippen LogP) is 3.08. The topological polar surface area (TPSA) is 47.6 Å². The van der Waals surface area contributed by atoms with Crippen molar-refractivity contribution in [2.75, 3.05) is 13.2 Å². The molecule has 2 atom stereocenters. The Kier molecular flexibility index (Phi) is 7.09. The summed E-state index contributed by atoms with van der Waals surface area (Å²) in [6.07, 6.45) is 0.945. The van der Waals surface area contributed by atoms with Crippen molar-refractivity contribution in [3.63, 3.8) is 0 Å². The Balaban J connectivity index is 2.96. The lowest BCUT2D eigenvalue weighted by atomic mass is 10.1. The summed E-state index contributed by atoms with van der Waals surface area (Å²) in [5.74, 6) is 0.520. The average Bonchev–Trinajstić information content (AvgIpc) is 2.45. The van der Waals surface area contributed by atoms with Crippen LogP contribution in [0.2, 0.25) is 0 Å². The lowest BCUT2D eigenvalue weighted by molar-refractivity contribution is -0.146. The van der Waals surface area contributed by atoms with Crippen molar-refractivity contribution in [2.45, 2.75) is 46.2 Å². The Morgan fingerprint density at radius 2 is 2.00 bits per heavy atom. The third-order valence-corrected chi connectivity index (χ3v) is 3.09. The quantitative estimate of drug-likeness (QED) is 0.743. The van der Waals surface area contributed by atoms with E-state index in [1.165, 1.54) is 0 Å². The van der Waals surface area contributed by atoms with Crippen LogP contribution in [0.3, 0.4) is 0 Å². The van der Waals surface area contributed by atoms with E-state index >= 15 is 0 Å². The molecule has 1 rings (SSSR count). The smallest absolute Gasteiger partial charge is 0.327 e. The minimum atomic E-state index is -0.453. The summed E-state index contributed by atoms with van der Waals surface area (Å²) in [4.78, 5) is 12.1. The highest BCUT2D eigenvalue weighted by atomic mass is 16.5. The van der Waals surface area contributed by atoms with Crippen molar-refractivity contribution in [3.05, 3.63) is 29.8 Å². The van der Waals surface area contributed by atoms with Crippen LogP contribution >= 0.6 is 0 Å². The third kappa shape index (κ3) is 4.85. The van der Waals surface area contributed by atoms with Gasteiger partial charge in [-0.3, -0.25) is 5.32 Å². The van der Waals surface area contributed by atoms with Gasteiger partial charge in [0.15, 0.2) is 0 Å². The molecule has 0 heterocycles. The van der Waals surface area contributed by atoms with Crippen LogP contribution in [0.4, 0.5) is 0 Å². The summed E-state index contributed by atoms with van der Waals surface area (Å²) in [5, 5.41) is 3.31. The van der Waals surface area contributed by atoms with Gasteiger partial charge in [0, 0.05) is 6.04 Å². The van der Waals surface area contributed by atoms with E-state index in [9.17, 15) is 4.79 Å². The van der Waals surface area contributed by atoms with E-state index in [1.54, 1.807) is 0 Å². The molecule has 0 aliphatic rings. The Hall–Kier alpha value is -1.55. The fourth-order valence-corrected chi connectivity index (χ4v) is 1.88. The number of esters is 1. The number of carbonyl (C=O) groups is 1. The maximum Gasteiger partial charge on any atom is 0.327 e. The van der Waals surface area contributed by atoms with Crippen LogP contribution in [-0.2, 0) is 9.53 Å². The summed E-state index contributed by atoms with van der Waals surface area (Å²) in [5.41, 5.74) is 0.870. The van der Waals surface area contributed by atoms with Gasteiger partial charge in [-0.05, 0) is 44.9 Å². The molecule has 0 aliphatic heterocycles. The van der Waals surface area contributed by atoms with Gasteiger partial charge in [-0.15, -0.1) is 0 Å². The molecule has 0 saturated heterocycles. The zero-order chi connectivity index (χ0) is 15.0. The number of rotatable bonds is 8. The summed E-state index contributed by atoms with van der Waals surface area (Å²) >= 11 is 0. The molecule has 1 aromatic rings. The number of hydrogen-bond acceptors (Lipinski definition) is 4. The monoisotopic (exact) mass is 279 g/mol. The molecule has 4 nitrogen and oxygen atoms in total. The maximum absolute atomic E-state index is 12.1. The molecular weight excluding hydrogens is 254 g/mol. The maximum atomic E-state index is 12.1. The average molecular weight is 279 g/mol. The van der Waals surface area contributed by atoms with Gasteiger partial charge in [0.25, 0.3) is 0 Å². The fourth-order valence-electron chi connectivity index (χ4n) is 1.88. The molecule has 0 radical (unpaired) electrons. The zero-order valence-electron chi connectivity index (χ0n) is 12.8. The van der Waals surface area contributed by atoms with E-state index in [0.717, 1.165) is 17.7 Å². The van der Waals surface area contributed by atoms with Gasteiger partial charge in [-0.2, -0.15) is 0 Å². The molecule has 0 aromatic heterocycles. The molecule has 1 N–H and O–H groups in total. The molecule has 4 heteroatoms. The minimum Gasteiger partial charge on any atom is -0.494 e. The van der Waals surface area contributed by atoms with Crippen molar-refractivity contribution in [3.8, 4) is 5.75 Å². The van der Waals surface area contributed by atoms with Gasteiger partial charge in [0.1, 0.15) is 11.8 Å². The largest absolute Gasteiger partial charge is 0.494 e. The number of benzene rings is 1. The minimum absolute atomic E-state index is 0.236. The first kappa shape index (κ1) is 16.5. The van der Waals surface area contributed by atoms with E-state index in [-0.39, 0.29) is 12.0 Å². The van der Waals surface area contributed by atoms with Crippen LogP contribution in [0, 0.1) is 0 Å². The highest BCUT2D eigenvalue weighted by Gasteiger charge is 2.23. The van der Waals surface area contributed by atoms with Crippen molar-refractivity contribution >= 4 is 5.97 Å². The lowest BCUT2D eigenvalue weighted by Crippen LogP contribution is -2.36. The Bertz CT molecular complexity index is 420. The van der Waals surface area contributed by atoms with E-state index in [2.05, 4.69) is 19.2 Å². The van der Waals surface area contributed by atoms with Crippen molar-refractivity contribution in [1.82, 2.24) is 5.32 Å². The van der Waals surface area contributed by atoms with Crippen LogP contribution in [0.1, 0.15) is 45.7 Å². The highest BCUT2D eigenvalue weighted by molar-refractivity contribution is 5.77. The van der Waals surface area contributed by atoms with Crippen molar-refractivity contribution in [1.29, 1.82) is 0 Å². The molecule has 0 bridgehead atoms. The summed E-state index contributed by atoms with van der Waals surface area (Å²) < 4.78 is 10.6. The molecular formula is C16H25NO3. The Labute approximate surface area is 121 Å². The molecule has 20 heavy (non-hydrogen) atoms. The van der Waals surface area contributed by atoms with E-state index in [4.69, 9.17) is 9.47 Å². The number of carbonyl (C=O) groups excluding carboxylic acids is 1. The van der Waals surface area contributed by atoms with Crippen LogP contribution in [0.25, 0.3) is 0 Å². The molecule has 1 aromatic carbocycles. The van der Waals surface area contributed by atoms with Gasteiger partial charge < -0.3 is 9.47 Å². The van der Waals surface area contributed by atoms with Crippen molar-refractivity contribution in [2.24, 2.45) is 0 Å². The van der Waals surface area contributed by atoms with Crippen molar-refractivity contribution < 1.29 is 14.3 Å². The molecule has 0 aliphatic carbocycles. The summed E-state index contributed by atoms with van der Waals surface area (Å²) in [7, 11) is 0. The van der Waals surface area contributed by atoms with Gasteiger partial charge in [-0.1, -0.05) is 19.1 Å². The van der Waals surface area contributed by atoms with E-state index in [0.29, 0.717) is 13.2 Å². The highest BCUT2D eigenvalue weighted by Crippen LogP contribution is 2.21. The summed E-state index contributed by atoms with van der Waals surface area (Å²) in [6.45, 7) is 8.87. The van der Waals surface area contributed by atoms with E-state index in [1.807, 2.05) is 38.1 Å². The zero-order valence-corrected chi connectivity index (χ0v) is 12.8. The normalized spacial score (nSPS) is 13.6. The number of ether oxygens (including phenoxy) is 2. The first-order valence-corrected chi connectivity index (χ1v) is 7.27. The molecule has 0 saturated carbocycles. The van der Waals surface area contributed by atoms with Crippen LogP contribution < -0.4 is 10.1 Å². The standard InChI is InChI=1S/C16H25NO3/c1-5-12(4)17-15(16(18)20-7-3)13-9-8-10-14(11-13)19-6-2/h8-12,15,17H,5-7H2,1-4H3. The number of nitrogens with one attached hydrogen (secondary N) is 1. The second kappa shape index (κ2) is 8.59. The first-order chi connectivity index (χ1) is 9.62. The predicted molar refractivity (Wildman–Crippen MR) is 79.9 cm³/mol. The van der Waals surface area contributed by atoms with Crippen LogP contribution in [-0.4, -0.2) is 25.2 Å². The number of hydrogen-bond donors (Lipinski definition) is 1. The second-order valence-corrected chi connectivity index (χ2v) is 4.67. The van der Waals surface area contributed by atoms with Crippen LogP contribution in [0.15, 0.2) is 24.3 Å². The van der Waals surface area contributed by atoms with Gasteiger partial charge in [0.05, 0.1) is 13.2 Å². The molecule has 0 spiro atoms. The van der Waals surface area contributed by atoms with Gasteiger partial charge >= 0.3 is 5.97 Å². The fraction of sp³-hybridized carbons (Fsp3) is 0.562. The molecule has 0 amide bonds. The van der Waals surface area contributed by atoms with Gasteiger partial charge in [-0.25, -0.2) is 4.79 Å². The Morgan fingerprint density at radius 1 is 1.25 bits per heavy atom.